The van der Waals surface area contributed by atoms with Crippen molar-refractivity contribution in [1.82, 2.24) is 14.4 Å². The number of hydrogen-bond donors (Lipinski definition) is 2. The molecule has 0 aliphatic carbocycles. The molecule has 2 rings (SSSR count). The van der Waals surface area contributed by atoms with Gasteiger partial charge >= 0.3 is 0 Å². The zero-order valence-electron chi connectivity index (χ0n) is 10.4. The molecule has 104 valence electrons. The molecule has 2 N–H and O–H groups in total. The smallest absolute Gasteiger partial charge is 0.245 e. The van der Waals surface area contributed by atoms with Crippen molar-refractivity contribution in [2.24, 2.45) is 7.05 Å². The van der Waals surface area contributed by atoms with Crippen LogP contribution in [0.1, 0.15) is 18.2 Å². The van der Waals surface area contributed by atoms with E-state index in [2.05, 4.69) is 14.4 Å². The first-order valence-corrected chi connectivity index (χ1v) is 7.17. The van der Waals surface area contributed by atoms with Gasteiger partial charge in [0.1, 0.15) is 11.2 Å². The molecule has 0 fully saturated rings. The van der Waals surface area contributed by atoms with Crippen LogP contribution in [-0.4, -0.2) is 29.8 Å². The molecule has 0 amide bonds. The standard InChI is InChI=1S/C11H15N3O4S/c1-14-6-2-3-10(14)11(15)4-5-13-19(16,17)9-7-12-18-8-9/h2-3,6-8,11,13,15H,4-5H2,1H3. The molecule has 0 aliphatic rings. The first kappa shape index (κ1) is 13.8. The lowest BCUT2D eigenvalue weighted by Gasteiger charge is -2.12. The number of aliphatic hydroxyl groups excluding tert-OH is 1. The quantitative estimate of drug-likeness (QED) is 0.801. The molecule has 8 heteroatoms. The summed E-state index contributed by atoms with van der Waals surface area (Å²) in [6.07, 6.45) is 3.55. The highest BCUT2D eigenvalue weighted by Gasteiger charge is 2.17. The van der Waals surface area contributed by atoms with Gasteiger partial charge in [0.2, 0.25) is 10.0 Å². The summed E-state index contributed by atoms with van der Waals surface area (Å²) in [7, 11) is -1.80. The third-order valence-corrected chi connectivity index (χ3v) is 4.16. The number of aromatic nitrogens is 2. The van der Waals surface area contributed by atoms with Gasteiger partial charge in [0, 0.05) is 25.5 Å². The molecule has 0 aromatic carbocycles. The Morgan fingerprint density at radius 3 is 2.95 bits per heavy atom. The van der Waals surface area contributed by atoms with Gasteiger partial charge in [-0.15, -0.1) is 0 Å². The number of sulfonamides is 1. The predicted molar refractivity (Wildman–Crippen MR) is 66.7 cm³/mol. The molecule has 1 atom stereocenters. The minimum Gasteiger partial charge on any atom is -0.387 e. The summed E-state index contributed by atoms with van der Waals surface area (Å²) < 4.78 is 32.1. The van der Waals surface area contributed by atoms with E-state index in [9.17, 15) is 13.5 Å². The van der Waals surface area contributed by atoms with E-state index in [4.69, 9.17) is 0 Å². The van der Waals surface area contributed by atoms with Gasteiger partial charge < -0.3 is 14.2 Å². The Hall–Kier alpha value is -1.64. The molecule has 0 saturated carbocycles. The van der Waals surface area contributed by atoms with E-state index in [1.807, 2.05) is 19.3 Å². The largest absolute Gasteiger partial charge is 0.387 e. The Balaban J connectivity index is 1.89. The van der Waals surface area contributed by atoms with Crippen molar-refractivity contribution >= 4 is 10.0 Å². The van der Waals surface area contributed by atoms with Gasteiger partial charge in [-0.3, -0.25) is 0 Å². The van der Waals surface area contributed by atoms with Crippen molar-refractivity contribution in [2.45, 2.75) is 17.4 Å². The van der Waals surface area contributed by atoms with Crippen molar-refractivity contribution in [3.63, 3.8) is 0 Å². The first-order chi connectivity index (χ1) is 9.00. The van der Waals surface area contributed by atoms with Crippen LogP contribution in [0.5, 0.6) is 0 Å². The topological polar surface area (TPSA) is 97.4 Å². The summed E-state index contributed by atoms with van der Waals surface area (Å²) in [4.78, 5) is -0.0270. The lowest BCUT2D eigenvalue weighted by atomic mass is 10.2. The van der Waals surface area contributed by atoms with Crippen LogP contribution in [0.2, 0.25) is 0 Å². The summed E-state index contributed by atoms with van der Waals surface area (Å²) in [5.41, 5.74) is 0.740. The molecule has 0 bridgehead atoms. The van der Waals surface area contributed by atoms with Crippen molar-refractivity contribution in [2.75, 3.05) is 6.54 Å². The molecule has 1 unspecified atom stereocenters. The zero-order valence-corrected chi connectivity index (χ0v) is 11.2. The number of rotatable bonds is 6. The summed E-state index contributed by atoms with van der Waals surface area (Å²) >= 11 is 0. The van der Waals surface area contributed by atoms with Crippen molar-refractivity contribution < 1.29 is 18.0 Å². The van der Waals surface area contributed by atoms with Crippen molar-refractivity contribution in [1.29, 1.82) is 0 Å². The maximum Gasteiger partial charge on any atom is 0.245 e. The highest BCUT2D eigenvalue weighted by Crippen LogP contribution is 2.16. The van der Waals surface area contributed by atoms with Crippen LogP contribution in [0.3, 0.4) is 0 Å². The van der Waals surface area contributed by atoms with Gasteiger partial charge in [0.25, 0.3) is 0 Å². The average Bonchev–Trinajstić information content (AvgIpc) is 2.98. The zero-order chi connectivity index (χ0) is 13.9. The van der Waals surface area contributed by atoms with E-state index in [0.717, 1.165) is 18.2 Å². The molecular weight excluding hydrogens is 270 g/mol. The van der Waals surface area contributed by atoms with Crippen LogP contribution in [0.4, 0.5) is 0 Å². The van der Waals surface area contributed by atoms with E-state index in [-0.39, 0.29) is 17.9 Å². The Morgan fingerprint density at radius 2 is 2.37 bits per heavy atom. The highest BCUT2D eigenvalue weighted by molar-refractivity contribution is 7.89. The van der Waals surface area contributed by atoms with E-state index in [1.54, 1.807) is 10.6 Å². The molecule has 2 aromatic heterocycles. The molecule has 0 aliphatic heterocycles. The van der Waals surface area contributed by atoms with Gasteiger partial charge in [-0.1, -0.05) is 5.16 Å². The number of aliphatic hydroxyl groups is 1. The molecule has 2 aromatic rings. The molecule has 0 radical (unpaired) electrons. The molecule has 0 spiro atoms. The highest BCUT2D eigenvalue weighted by atomic mass is 32.2. The number of hydrogen-bond acceptors (Lipinski definition) is 5. The van der Waals surface area contributed by atoms with Crippen LogP contribution < -0.4 is 4.72 Å². The van der Waals surface area contributed by atoms with Gasteiger partial charge in [0.15, 0.2) is 0 Å². The molecular formula is C11H15N3O4S. The Kier molecular flexibility index (Phi) is 4.03. The van der Waals surface area contributed by atoms with Crippen molar-refractivity contribution in [3.8, 4) is 0 Å². The maximum absolute atomic E-state index is 11.7. The Labute approximate surface area is 110 Å². The average molecular weight is 285 g/mol. The van der Waals surface area contributed by atoms with Gasteiger partial charge in [-0.05, 0) is 18.6 Å². The van der Waals surface area contributed by atoms with Gasteiger partial charge in [-0.25, -0.2) is 13.1 Å². The summed E-state index contributed by atoms with van der Waals surface area (Å²) in [6, 6.07) is 3.61. The van der Waals surface area contributed by atoms with Gasteiger partial charge in [-0.2, -0.15) is 0 Å². The fraction of sp³-hybridized carbons (Fsp3) is 0.364. The second-order valence-corrected chi connectivity index (χ2v) is 5.87. The Morgan fingerprint density at radius 1 is 1.58 bits per heavy atom. The molecule has 0 saturated heterocycles. The molecule has 19 heavy (non-hydrogen) atoms. The van der Waals surface area contributed by atoms with E-state index < -0.39 is 16.1 Å². The number of aryl methyl sites for hydroxylation is 1. The van der Waals surface area contributed by atoms with Crippen molar-refractivity contribution in [3.05, 3.63) is 36.5 Å². The third-order valence-electron chi connectivity index (χ3n) is 2.76. The minimum atomic E-state index is -3.62. The lowest BCUT2D eigenvalue weighted by Crippen LogP contribution is -2.25. The fourth-order valence-electron chi connectivity index (χ4n) is 1.71. The number of nitrogens with one attached hydrogen (secondary N) is 1. The lowest BCUT2D eigenvalue weighted by molar-refractivity contribution is 0.161. The van der Waals surface area contributed by atoms with E-state index in [1.165, 1.54) is 0 Å². The normalized spacial score (nSPS) is 13.6. The molecule has 2 heterocycles. The first-order valence-electron chi connectivity index (χ1n) is 5.69. The van der Waals surface area contributed by atoms with E-state index in [0.29, 0.717) is 0 Å². The monoisotopic (exact) mass is 285 g/mol. The number of nitrogens with zero attached hydrogens (tertiary/aromatic N) is 2. The summed E-state index contributed by atoms with van der Waals surface area (Å²) in [6.45, 7) is 0.125. The summed E-state index contributed by atoms with van der Waals surface area (Å²) in [5.74, 6) is 0. The van der Waals surface area contributed by atoms with E-state index >= 15 is 0 Å². The van der Waals surface area contributed by atoms with Crippen LogP contribution in [0.25, 0.3) is 0 Å². The minimum absolute atomic E-state index is 0.0270. The van der Waals surface area contributed by atoms with Crippen LogP contribution in [-0.2, 0) is 17.1 Å². The second kappa shape index (κ2) is 5.55. The third kappa shape index (κ3) is 3.22. The second-order valence-electron chi connectivity index (χ2n) is 4.11. The van der Waals surface area contributed by atoms with Gasteiger partial charge in [0.05, 0.1) is 12.3 Å². The fourth-order valence-corrected chi connectivity index (χ4v) is 2.61. The maximum atomic E-state index is 11.7. The van der Waals surface area contributed by atoms with Crippen LogP contribution in [0, 0.1) is 0 Å². The SMILES string of the molecule is Cn1cccc1C(O)CCNS(=O)(=O)c1cnoc1. The Bertz CT molecular complexity index is 618. The predicted octanol–water partition coefficient (Wildman–Crippen LogP) is 0.415. The van der Waals surface area contributed by atoms with Crippen LogP contribution >= 0.6 is 0 Å². The molecule has 7 nitrogen and oxygen atoms in total. The van der Waals surface area contributed by atoms with Crippen LogP contribution in [0.15, 0.2) is 40.2 Å². The summed E-state index contributed by atoms with van der Waals surface area (Å²) in [5, 5.41) is 13.3.